The lowest BCUT2D eigenvalue weighted by atomic mass is 9.98. The Morgan fingerprint density at radius 1 is 1.24 bits per heavy atom. The highest BCUT2D eigenvalue weighted by molar-refractivity contribution is 6.10. The van der Waals surface area contributed by atoms with Crippen LogP contribution in [-0.2, 0) is 0 Å². The number of piperidine rings is 1. The van der Waals surface area contributed by atoms with Crippen molar-refractivity contribution in [3.63, 3.8) is 0 Å². The number of hydrogen-bond acceptors (Lipinski definition) is 5. The average molecular weight is 282 g/mol. The molecule has 4 heterocycles. The summed E-state index contributed by atoms with van der Waals surface area (Å²) in [6, 6.07) is 2.01. The van der Waals surface area contributed by atoms with Crippen LogP contribution < -0.4 is 10.6 Å². The Hall–Kier alpha value is -2.21. The molecule has 3 aromatic heterocycles. The Morgan fingerprint density at radius 2 is 2.14 bits per heavy atom. The molecule has 0 spiro atoms. The smallest absolute Gasteiger partial charge is 0.143 e. The molecule has 1 aliphatic rings. The van der Waals surface area contributed by atoms with Crippen LogP contribution in [0.1, 0.15) is 12.8 Å². The first-order valence-corrected chi connectivity index (χ1v) is 7.43. The predicted octanol–water partition coefficient (Wildman–Crippen LogP) is 1.92. The van der Waals surface area contributed by atoms with Crippen molar-refractivity contribution in [2.24, 2.45) is 5.92 Å². The second-order valence-corrected chi connectivity index (χ2v) is 5.57. The molecule has 1 saturated heterocycles. The van der Waals surface area contributed by atoms with Crippen molar-refractivity contribution in [1.82, 2.24) is 25.3 Å². The van der Waals surface area contributed by atoms with Crippen molar-refractivity contribution in [3.8, 4) is 0 Å². The van der Waals surface area contributed by atoms with Gasteiger partial charge >= 0.3 is 0 Å². The largest absolute Gasteiger partial charge is 0.369 e. The number of nitrogens with one attached hydrogen (secondary N) is 3. The molecular formula is C15H18N6. The minimum atomic E-state index is 0.711. The topological polar surface area (TPSA) is 78.5 Å². The van der Waals surface area contributed by atoms with Gasteiger partial charge in [0, 0.05) is 18.1 Å². The summed E-state index contributed by atoms with van der Waals surface area (Å²) in [7, 11) is 0. The van der Waals surface area contributed by atoms with Crippen molar-refractivity contribution in [2.45, 2.75) is 12.8 Å². The molecule has 108 valence electrons. The first kappa shape index (κ1) is 12.5. The van der Waals surface area contributed by atoms with Gasteiger partial charge in [0.05, 0.1) is 17.1 Å². The van der Waals surface area contributed by atoms with E-state index in [0.717, 1.165) is 47.4 Å². The quantitative estimate of drug-likeness (QED) is 0.684. The highest BCUT2D eigenvalue weighted by Crippen LogP contribution is 2.28. The van der Waals surface area contributed by atoms with Crippen LogP contribution in [0, 0.1) is 5.92 Å². The Labute approximate surface area is 122 Å². The zero-order chi connectivity index (χ0) is 14.1. The van der Waals surface area contributed by atoms with Crippen molar-refractivity contribution in [2.75, 3.05) is 25.0 Å². The molecule has 0 aromatic carbocycles. The number of H-pyrrole nitrogens is 1. The van der Waals surface area contributed by atoms with Crippen LogP contribution >= 0.6 is 0 Å². The van der Waals surface area contributed by atoms with Gasteiger partial charge in [-0.05, 0) is 37.9 Å². The minimum absolute atomic E-state index is 0.711. The number of fused-ring (bicyclic) bond motifs is 3. The van der Waals surface area contributed by atoms with Gasteiger partial charge in [-0.15, -0.1) is 0 Å². The highest BCUT2D eigenvalue weighted by atomic mass is 15.0. The molecule has 0 saturated carbocycles. The van der Waals surface area contributed by atoms with Gasteiger partial charge in [-0.2, -0.15) is 0 Å². The van der Waals surface area contributed by atoms with Gasteiger partial charge in [0.15, 0.2) is 0 Å². The summed E-state index contributed by atoms with van der Waals surface area (Å²) in [4.78, 5) is 16.2. The maximum atomic E-state index is 4.44. The molecule has 6 heteroatoms. The van der Waals surface area contributed by atoms with Gasteiger partial charge in [-0.1, -0.05) is 0 Å². The molecular weight excluding hydrogens is 264 g/mol. The average Bonchev–Trinajstić information content (AvgIpc) is 2.93. The molecule has 6 nitrogen and oxygen atoms in total. The fourth-order valence-corrected chi connectivity index (χ4v) is 3.04. The second kappa shape index (κ2) is 5.29. The molecule has 0 amide bonds. The number of aromatic amines is 1. The molecule has 21 heavy (non-hydrogen) atoms. The number of aromatic nitrogens is 4. The van der Waals surface area contributed by atoms with E-state index in [1.54, 1.807) is 12.5 Å². The Morgan fingerprint density at radius 3 is 3.05 bits per heavy atom. The molecule has 0 atom stereocenters. The standard InChI is InChI=1S/C15H18N6/c1-4-16-5-2-10(1)7-18-14-13-11-3-6-17-8-12(11)21-15(13)20-9-19-14/h3,6,8-10,16H,1-2,4-5,7H2,(H2,18,19,20,21). The Balaban J connectivity index is 1.67. The first-order valence-electron chi connectivity index (χ1n) is 7.43. The fourth-order valence-electron chi connectivity index (χ4n) is 3.04. The summed E-state index contributed by atoms with van der Waals surface area (Å²) in [5.74, 6) is 1.62. The predicted molar refractivity (Wildman–Crippen MR) is 83.3 cm³/mol. The zero-order valence-corrected chi connectivity index (χ0v) is 11.8. The van der Waals surface area contributed by atoms with Crippen molar-refractivity contribution in [1.29, 1.82) is 0 Å². The van der Waals surface area contributed by atoms with E-state index >= 15 is 0 Å². The Bertz CT molecular complexity index is 759. The maximum Gasteiger partial charge on any atom is 0.143 e. The zero-order valence-electron chi connectivity index (χ0n) is 11.8. The lowest BCUT2D eigenvalue weighted by molar-refractivity contribution is 0.389. The number of nitrogens with zero attached hydrogens (tertiary/aromatic N) is 3. The molecule has 3 N–H and O–H groups in total. The molecule has 1 fully saturated rings. The number of rotatable bonds is 3. The molecule has 0 bridgehead atoms. The van der Waals surface area contributed by atoms with Crippen LogP contribution in [-0.4, -0.2) is 39.6 Å². The van der Waals surface area contributed by atoms with Gasteiger partial charge in [-0.25, -0.2) is 9.97 Å². The lowest BCUT2D eigenvalue weighted by Crippen LogP contribution is -2.31. The van der Waals surface area contributed by atoms with E-state index in [4.69, 9.17) is 0 Å². The molecule has 1 aliphatic heterocycles. The van der Waals surface area contributed by atoms with Crippen molar-refractivity contribution in [3.05, 3.63) is 24.8 Å². The number of anilines is 1. The van der Waals surface area contributed by atoms with Crippen LogP contribution in [0.25, 0.3) is 21.9 Å². The van der Waals surface area contributed by atoms with Gasteiger partial charge in [0.2, 0.25) is 0 Å². The van der Waals surface area contributed by atoms with Gasteiger partial charge in [0.1, 0.15) is 17.8 Å². The van der Waals surface area contributed by atoms with Crippen molar-refractivity contribution >= 4 is 27.8 Å². The van der Waals surface area contributed by atoms with Crippen molar-refractivity contribution < 1.29 is 0 Å². The van der Waals surface area contributed by atoms with Gasteiger partial charge < -0.3 is 15.6 Å². The SMILES string of the molecule is c1cc2c(cn1)[nH]c1ncnc(NCC3CCNCC3)c12. The summed E-state index contributed by atoms with van der Waals surface area (Å²) in [6.45, 7) is 3.19. The normalized spacial score (nSPS) is 16.6. The monoisotopic (exact) mass is 282 g/mol. The Kier molecular flexibility index (Phi) is 3.16. The molecule has 0 unspecified atom stereocenters. The number of hydrogen-bond donors (Lipinski definition) is 3. The lowest BCUT2D eigenvalue weighted by Gasteiger charge is -2.23. The van der Waals surface area contributed by atoms with Gasteiger partial charge in [-0.3, -0.25) is 4.98 Å². The van der Waals surface area contributed by atoms with Gasteiger partial charge in [0.25, 0.3) is 0 Å². The summed E-state index contributed by atoms with van der Waals surface area (Å²) < 4.78 is 0. The van der Waals surface area contributed by atoms with E-state index in [-0.39, 0.29) is 0 Å². The summed E-state index contributed by atoms with van der Waals surface area (Å²) in [5, 5.41) is 9.09. The molecule has 0 radical (unpaired) electrons. The summed E-state index contributed by atoms with van der Waals surface area (Å²) >= 11 is 0. The van der Waals surface area contributed by atoms with Crippen LogP contribution in [0.4, 0.5) is 5.82 Å². The van der Waals surface area contributed by atoms with E-state index < -0.39 is 0 Å². The summed E-state index contributed by atoms with van der Waals surface area (Å²) in [6.07, 6.45) is 7.68. The third-order valence-corrected chi connectivity index (χ3v) is 4.21. The fraction of sp³-hybridized carbons (Fsp3) is 0.400. The minimum Gasteiger partial charge on any atom is -0.369 e. The van der Waals surface area contributed by atoms with E-state index in [9.17, 15) is 0 Å². The van der Waals surface area contributed by atoms with Crippen LogP contribution in [0.3, 0.4) is 0 Å². The van der Waals surface area contributed by atoms with Crippen LogP contribution in [0.15, 0.2) is 24.8 Å². The molecule has 4 rings (SSSR count). The van der Waals surface area contributed by atoms with Crippen LogP contribution in [0.5, 0.6) is 0 Å². The van der Waals surface area contributed by atoms with Crippen LogP contribution in [0.2, 0.25) is 0 Å². The highest BCUT2D eigenvalue weighted by Gasteiger charge is 2.15. The first-order chi connectivity index (χ1) is 10.4. The maximum absolute atomic E-state index is 4.44. The molecule has 3 aromatic rings. The van der Waals surface area contributed by atoms with E-state index in [2.05, 4.69) is 30.6 Å². The molecule has 0 aliphatic carbocycles. The van der Waals surface area contributed by atoms with E-state index in [0.29, 0.717) is 5.92 Å². The third kappa shape index (κ3) is 2.31. The third-order valence-electron chi connectivity index (χ3n) is 4.21. The van der Waals surface area contributed by atoms with E-state index in [1.807, 2.05) is 12.3 Å². The number of pyridine rings is 1. The van der Waals surface area contributed by atoms with E-state index in [1.165, 1.54) is 12.8 Å². The second-order valence-electron chi connectivity index (χ2n) is 5.57. The summed E-state index contributed by atoms with van der Waals surface area (Å²) in [5.41, 5.74) is 1.86.